The van der Waals surface area contributed by atoms with Gasteiger partial charge in [-0.3, -0.25) is 25.2 Å². The van der Waals surface area contributed by atoms with Crippen LogP contribution in [0.2, 0.25) is 0 Å². The number of hydrazine groups is 1. The molecule has 28 heavy (non-hydrogen) atoms. The zero-order chi connectivity index (χ0) is 20.7. The van der Waals surface area contributed by atoms with Crippen LogP contribution in [-0.4, -0.2) is 51.1 Å². The molecule has 2 aromatic rings. The number of furan rings is 1. The van der Waals surface area contributed by atoms with Crippen LogP contribution in [0.4, 0.5) is 0 Å². The average Bonchev–Trinajstić information content (AvgIpc) is 3.21. The lowest BCUT2D eigenvalue weighted by atomic mass is 10.2. The van der Waals surface area contributed by atoms with Crippen molar-refractivity contribution in [2.45, 2.75) is 11.3 Å². The van der Waals surface area contributed by atoms with Gasteiger partial charge in [-0.05, 0) is 30.3 Å². The summed E-state index contributed by atoms with van der Waals surface area (Å²) in [5.74, 6) is -1.55. The molecule has 0 atom stereocenters. The van der Waals surface area contributed by atoms with E-state index in [0.29, 0.717) is 0 Å². The van der Waals surface area contributed by atoms with Gasteiger partial charge in [0.15, 0.2) is 5.76 Å². The molecular formula is C17H20N4O6S. The summed E-state index contributed by atoms with van der Waals surface area (Å²) < 4.78 is 30.2. The third kappa shape index (κ3) is 5.41. The van der Waals surface area contributed by atoms with E-state index in [1.165, 1.54) is 50.7 Å². The molecule has 11 heteroatoms. The molecule has 1 aromatic heterocycles. The number of amides is 3. The van der Waals surface area contributed by atoms with Crippen molar-refractivity contribution in [1.82, 2.24) is 20.5 Å². The molecule has 0 saturated heterocycles. The van der Waals surface area contributed by atoms with Crippen LogP contribution < -0.4 is 16.2 Å². The summed E-state index contributed by atoms with van der Waals surface area (Å²) in [6.45, 7) is 0.0395. The number of carbonyl (C=O) groups excluding carboxylic acids is 3. The SMILES string of the molecule is CN(C)S(=O)(=O)c1cccc(C(=O)NNC(=O)CCNC(=O)c2ccco2)c1. The molecule has 0 radical (unpaired) electrons. The summed E-state index contributed by atoms with van der Waals surface area (Å²) in [6, 6.07) is 8.47. The number of nitrogens with zero attached hydrogens (tertiary/aromatic N) is 1. The lowest BCUT2D eigenvalue weighted by Gasteiger charge is -2.12. The maximum absolute atomic E-state index is 12.1. The third-order valence-corrected chi connectivity index (χ3v) is 5.38. The second-order valence-corrected chi connectivity index (χ2v) is 7.95. The Hall–Kier alpha value is -3.18. The van der Waals surface area contributed by atoms with Crippen LogP contribution >= 0.6 is 0 Å². The summed E-state index contributed by atoms with van der Waals surface area (Å²) in [4.78, 5) is 35.5. The number of benzene rings is 1. The van der Waals surface area contributed by atoms with Gasteiger partial charge < -0.3 is 9.73 Å². The quantitative estimate of drug-likeness (QED) is 0.556. The molecule has 10 nitrogen and oxygen atoms in total. The Morgan fingerprint density at radius 1 is 1.04 bits per heavy atom. The highest BCUT2D eigenvalue weighted by Crippen LogP contribution is 2.14. The number of nitrogens with one attached hydrogen (secondary N) is 3. The second-order valence-electron chi connectivity index (χ2n) is 5.80. The van der Waals surface area contributed by atoms with Crippen LogP contribution in [0, 0.1) is 0 Å². The minimum Gasteiger partial charge on any atom is -0.459 e. The van der Waals surface area contributed by atoms with E-state index in [1.54, 1.807) is 6.07 Å². The molecule has 0 aliphatic heterocycles. The molecule has 1 heterocycles. The summed E-state index contributed by atoms with van der Waals surface area (Å²) in [6.07, 6.45) is 1.28. The smallest absolute Gasteiger partial charge is 0.286 e. The molecule has 3 amide bonds. The topological polar surface area (TPSA) is 138 Å². The summed E-state index contributed by atoms with van der Waals surface area (Å²) >= 11 is 0. The highest BCUT2D eigenvalue weighted by atomic mass is 32.2. The largest absolute Gasteiger partial charge is 0.459 e. The van der Waals surface area contributed by atoms with E-state index in [2.05, 4.69) is 16.2 Å². The monoisotopic (exact) mass is 408 g/mol. The Morgan fingerprint density at radius 2 is 1.79 bits per heavy atom. The van der Waals surface area contributed by atoms with Gasteiger partial charge in [-0.2, -0.15) is 0 Å². The molecule has 3 N–H and O–H groups in total. The van der Waals surface area contributed by atoms with Crippen LogP contribution in [-0.2, 0) is 14.8 Å². The van der Waals surface area contributed by atoms with E-state index in [-0.39, 0.29) is 29.2 Å². The van der Waals surface area contributed by atoms with Crippen LogP contribution in [0.1, 0.15) is 27.3 Å². The predicted molar refractivity (Wildman–Crippen MR) is 98.6 cm³/mol. The molecule has 2 rings (SSSR count). The van der Waals surface area contributed by atoms with Gasteiger partial charge in [-0.1, -0.05) is 6.07 Å². The second kappa shape index (κ2) is 9.15. The minimum atomic E-state index is -3.68. The molecule has 0 spiro atoms. The van der Waals surface area contributed by atoms with E-state index in [9.17, 15) is 22.8 Å². The first-order valence-electron chi connectivity index (χ1n) is 8.15. The number of carbonyl (C=O) groups is 3. The number of hydrogen-bond donors (Lipinski definition) is 3. The number of hydrogen-bond acceptors (Lipinski definition) is 6. The normalized spacial score (nSPS) is 11.1. The summed E-state index contributed by atoms with van der Waals surface area (Å²) in [5, 5.41) is 2.49. The first-order valence-corrected chi connectivity index (χ1v) is 9.59. The fourth-order valence-corrected chi connectivity index (χ4v) is 3.00. The molecule has 0 aliphatic rings. The Balaban J connectivity index is 1.83. The average molecular weight is 408 g/mol. The van der Waals surface area contributed by atoms with Crippen molar-refractivity contribution in [2.75, 3.05) is 20.6 Å². The molecule has 0 fully saturated rings. The van der Waals surface area contributed by atoms with Crippen LogP contribution in [0.3, 0.4) is 0 Å². The Labute approximate surface area is 161 Å². The molecule has 0 unspecified atom stereocenters. The zero-order valence-corrected chi connectivity index (χ0v) is 16.1. The van der Waals surface area contributed by atoms with Gasteiger partial charge in [-0.25, -0.2) is 12.7 Å². The first-order chi connectivity index (χ1) is 13.2. The molecule has 1 aromatic carbocycles. The van der Waals surface area contributed by atoms with E-state index >= 15 is 0 Å². The van der Waals surface area contributed by atoms with Crippen LogP contribution in [0.25, 0.3) is 0 Å². The molecular weight excluding hydrogens is 388 g/mol. The fraction of sp³-hybridized carbons (Fsp3) is 0.235. The van der Waals surface area contributed by atoms with Gasteiger partial charge in [0, 0.05) is 32.6 Å². The highest BCUT2D eigenvalue weighted by Gasteiger charge is 2.19. The summed E-state index contributed by atoms with van der Waals surface area (Å²) in [5.41, 5.74) is 4.46. The van der Waals surface area contributed by atoms with Crippen molar-refractivity contribution in [3.8, 4) is 0 Å². The standard InChI is InChI=1S/C17H20N4O6S/c1-21(2)28(25,26)13-6-3-5-12(11-13)16(23)20-19-15(22)8-9-18-17(24)14-7-4-10-27-14/h3-7,10-11H,8-9H2,1-2H3,(H,18,24)(H,19,22)(H,20,23). The lowest BCUT2D eigenvalue weighted by Crippen LogP contribution is -2.42. The van der Waals surface area contributed by atoms with Crippen LogP contribution in [0.15, 0.2) is 52.0 Å². The van der Waals surface area contributed by atoms with E-state index in [4.69, 9.17) is 4.42 Å². The van der Waals surface area contributed by atoms with E-state index in [0.717, 1.165) is 4.31 Å². The number of rotatable bonds is 7. The maximum atomic E-state index is 12.1. The molecule has 0 saturated carbocycles. The molecule has 0 aliphatic carbocycles. The Kier molecular flexibility index (Phi) is 6.90. The van der Waals surface area contributed by atoms with Crippen molar-refractivity contribution in [3.05, 3.63) is 54.0 Å². The van der Waals surface area contributed by atoms with Crippen molar-refractivity contribution in [1.29, 1.82) is 0 Å². The van der Waals surface area contributed by atoms with E-state index in [1.807, 2.05) is 0 Å². The third-order valence-electron chi connectivity index (χ3n) is 3.57. The van der Waals surface area contributed by atoms with Crippen molar-refractivity contribution in [3.63, 3.8) is 0 Å². The predicted octanol–water partition coefficient (Wildman–Crippen LogP) is 0.111. The van der Waals surface area contributed by atoms with Crippen molar-refractivity contribution in [2.24, 2.45) is 0 Å². The van der Waals surface area contributed by atoms with Gasteiger partial charge >= 0.3 is 0 Å². The molecule has 0 bridgehead atoms. The van der Waals surface area contributed by atoms with E-state index < -0.39 is 27.7 Å². The van der Waals surface area contributed by atoms with Crippen LogP contribution in [0.5, 0.6) is 0 Å². The fourth-order valence-electron chi connectivity index (χ4n) is 2.05. The van der Waals surface area contributed by atoms with Gasteiger partial charge in [0.2, 0.25) is 15.9 Å². The Bertz CT molecular complexity index is 954. The maximum Gasteiger partial charge on any atom is 0.286 e. The first kappa shape index (κ1) is 21.1. The highest BCUT2D eigenvalue weighted by molar-refractivity contribution is 7.89. The van der Waals surface area contributed by atoms with Gasteiger partial charge in [-0.15, -0.1) is 0 Å². The van der Waals surface area contributed by atoms with Gasteiger partial charge in [0.25, 0.3) is 11.8 Å². The van der Waals surface area contributed by atoms with Gasteiger partial charge in [0.05, 0.1) is 11.2 Å². The minimum absolute atomic E-state index is 0.0395. The number of sulfonamides is 1. The van der Waals surface area contributed by atoms with Crippen molar-refractivity contribution < 1.29 is 27.2 Å². The molecule has 150 valence electrons. The Morgan fingerprint density at radius 3 is 2.43 bits per heavy atom. The summed E-state index contributed by atoms with van der Waals surface area (Å²) in [7, 11) is -0.921. The lowest BCUT2D eigenvalue weighted by molar-refractivity contribution is -0.121. The zero-order valence-electron chi connectivity index (χ0n) is 15.3. The van der Waals surface area contributed by atoms with Crippen molar-refractivity contribution >= 4 is 27.7 Å². The van der Waals surface area contributed by atoms with Gasteiger partial charge in [0.1, 0.15) is 0 Å².